The highest BCUT2D eigenvalue weighted by Crippen LogP contribution is 2.20. The number of carbonyl (C=O) groups excluding carboxylic acids is 1. The van der Waals surface area contributed by atoms with Gasteiger partial charge in [0.25, 0.3) is 0 Å². The van der Waals surface area contributed by atoms with E-state index in [0.717, 1.165) is 30.8 Å². The lowest BCUT2D eigenvalue weighted by molar-refractivity contribution is -0.137. The third-order valence-electron chi connectivity index (χ3n) is 4.84. The number of nitrogens with one attached hydrogen (secondary N) is 2. The molecule has 3 rings (SSSR count). The van der Waals surface area contributed by atoms with Crippen LogP contribution in [0.25, 0.3) is 0 Å². The highest BCUT2D eigenvalue weighted by atomic mass is 16.5. The average Bonchev–Trinajstić information content (AvgIpc) is 3.25. The predicted molar refractivity (Wildman–Crippen MR) is 91.5 cm³/mol. The van der Waals surface area contributed by atoms with Crippen LogP contribution >= 0.6 is 0 Å². The number of carbonyl (C=O) groups is 1. The van der Waals surface area contributed by atoms with Crippen molar-refractivity contribution in [2.75, 3.05) is 26.8 Å². The standard InChI is InChI=1S/C18H27N3O3/c1-13-17(10-19-20-13)18(22)21(12-16-7-4-8-24-16)11-14-5-3-6-15(9-14)23-2/h3,5-6,9,13,16-17,19-20H,4,7-8,10-12H2,1-2H3. The van der Waals surface area contributed by atoms with Crippen LogP contribution in [0.3, 0.4) is 0 Å². The Morgan fingerprint density at radius 3 is 3.00 bits per heavy atom. The van der Waals surface area contributed by atoms with Gasteiger partial charge < -0.3 is 14.4 Å². The molecule has 2 fully saturated rings. The van der Waals surface area contributed by atoms with E-state index in [0.29, 0.717) is 19.6 Å². The number of amides is 1. The molecular formula is C18H27N3O3. The molecule has 0 saturated carbocycles. The average molecular weight is 333 g/mol. The topological polar surface area (TPSA) is 62.8 Å². The monoisotopic (exact) mass is 333 g/mol. The van der Waals surface area contributed by atoms with E-state index in [4.69, 9.17) is 9.47 Å². The molecule has 0 aromatic heterocycles. The van der Waals surface area contributed by atoms with Gasteiger partial charge in [0.05, 0.1) is 19.1 Å². The molecule has 132 valence electrons. The third kappa shape index (κ3) is 4.06. The van der Waals surface area contributed by atoms with E-state index < -0.39 is 0 Å². The zero-order valence-electron chi connectivity index (χ0n) is 14.5. The number of ether oxygens (including phenoxy) is 2. The first-order chi connectivity index (χ1) is 11.7. The Hall–Kier alpha value is -1.63. The summed E-state index contributed by atoms with van der Waals surface area (Å²) in [6, 6.07) is 8.04. The van der Waals surface area contributed by atoms with Crippen LogP contribution in [0, 0.1) is 5.92 Å². The van der Waals surface area contributed by atoms with Gasteiger partial charge in [0, 0.05) is 32.3 Å². The molecule has 1 aromatic rings. The minimum atomic E-state index is -0.0444. The number of hydrogen-bond acceptors (Lipinski definition) is 5. The van der Waals surface area contributed by atoms with E-state index >= 15 is 0 Å². The molecule has 2 aliphatic heterocycles. The molecule has 2 saturated heterocycles. The largest absolute Gasteiger partial charge is 0.497 e. The summed E-state index contributed by atoms with van der Waals surface area (Å²) in [6.45, 7) is 4.74. The van der Waals surface area contributed by atoms with E-state index in [1.54, 1.807) is 7.11 Å². The summed E-state index contributed by atoms with van der Waals surface area (Å²) in [4.78, 5) is 15.0. The Kier molecular flexibility index (Phi) is 5.71. The quantitative estimate of drug-likeness (QED) is 0.822. The predicted octanol–water partition coefficient (Wildman–Crippen LogP) is 1.32. The number of hydrogen-bond donors (Lipinski definition) is 2. The molecule has 6 nitrogen and oxygen atoms in total. The van der Waals surface area contributed by atoms with Gasteiger partial charge in [-0.2, -0.15) is 0 Å². The molecule has 6 heteroatoms. The molecule has 24 heavy (non-hydrogen) atoms. The van der Waals surface area contributed by atoms with E-state index in [1.807, 2.05) is 36.1 Å². The first kappa shape index (κ1) is 17.2. The maximum Gasteiger partial charge on any atom is 0.229 e. The number of nitrogens with zero attached hydrogens (tertiary/aromatic N) is 1. The number of benzene rings is 1. The summed E-state index contributed by atoms with van der Waals surface area (Å²) in [5.74, 6) is 0.949. The summed E-state index contributed by atoms with van der Waals surface area (Å²) in [7, 11) is 1.66. The lowest BCUT2D eigenvalue weighted by atomic mass is 10.0. The normalized spacial score (nSPS) is 26.5. The first-order valence-corrected chi connectivity index (χ1v) is 8.69. The fourth-order valence-corrected chi connectivity index (χ4v) is 3.40. The van der Waals surface area contributed by atoms with E-state index in [9.17, 15) is 4.79 Å². The molecule has 3 atom stereocenters. The van der Waals surface area contributed by atoms with Gasteiger partial charge in [0.1, 0.15) is 5.75 Å². The van der Waals surface area contributed by atoms with Crippen LogP contribution in [0.4, 0.5) is 0 Å². The van der Waals surface area contributed by atoms with Crippen molar-refractivity contribution in [3.63, 3.8) is 0 Å². The van der Waals surface area contributed by atoms with E-state index in [1.165, 1.54) is 0 Å². The smallest absolute Gasteiger partial charge is 0.229 e. The summed E-state index contributed by atoms with van der Waals surface area (Å²) in [5.41, 5.74) is 7.29. The third-order valence-corrected chi connectivity index (χ3v) is 4.84. The van der Waals surface area contributed by atoms with Crippen LogP contribution < -0.4 is 15.6 Å². The van der Waals surface area contributed by atoms with E-state index in [-0.39, 0.29) is 24.0 Å². The second kappa shape index (κ2) is 7.96. The van der Waals surface area contributed by atoms with Crippen LogP contribution in [0.1, 0.15) is 25.3 Å². The maximum absolute atomic E-state index is 13.1. The van der Waals surface area contributed by atoms with Gasteiger partial charge >= 0.3 is 0 Å². The zero-order valence-corrected chi connectivity index (χ0v) is 14.5. The van der Waals surface area contributed by atoms with Gasteiger partial charge in [0.2, 0.25) is 5.91 Å². The summed E-state index contributed by atoms with van der Waals surface area (Å²) in [6.07, 6.45) is 2.25. The lowest BCUT2D eigenvalue weighted by Gasteiger charge is -2.29. The minimum Gasteiger partial charge on any atom is -0.497 e. The van der Waals surface area contributed by atoms with Crippen molar-refractivity contribution in [3.8, 4) is 5.75 Å². The number of rotatable bonds is 6. The molecular weight excluding hydrogens is 306 g/mol. The summed E-state index contributed by atoms with van der Waals surface area (Å²) >= 11 is 0. The molecule has 0 spiro atoms. The molecule has 1 amide bonds. The van der Waals surface area contributed by atoms with Gasteiger partial charge in [-0.15, -0.1) is 0 Å². The van der Waals surface area contributed by atoms with Crippen LogP contribution in [0.2, 0.25) is 0 Å². The van der Waals surface area contributed by atoms with Crippen LogP contribution in [-0.4, -0.2) is 49.8 Å². The molecule has 1 aromatic carbocycles. The van der Waals surface area contributed by atoms with Crippen molar-refractivity contribution in [2.45, 2.75) is 38.5 Å². The Morgan fingerprint density at radius 2 is 2.33 bits per heavy atom. The Bertz CT molecular complexity index is 560. The molecule has 0 radical (unpaired) electrons. The van der Waals surface area contributed by atoms with Crippen molar-refractivity contribution in [1.82, 2.24) is 15.8 Å². The van der Waals surface area contributed by atoms with Crippen molar-refractivity contribution >= 4 is 5.91 Å². The van der Waals surface area contributed by atoms with Gasteiger partial charge in [0.15, 0.2) is 0 Å². The second-order valence-corrected chi connectivity index (χ2v) is 6.63. The number of hydrazine groups is 1. The molecule has 0 bridgehead atoms. The molecule has 2 N–H and O–H groups in total. The fourth-order valence-electron chi connectivity index (χ4n) is 3.40. The second-order valence-electron chi connectivity index (χ2n) is 6.63. The highest BCUT2D eigenvalue weighted by molar-refractivity contribution is 5.80. The van der Waals surface area contributed by atoms with Crippen LogP contribution in [-0.2, 0) is 16.1 Å². The highest BCUT2D eigenvalue weighted by Gasteiger charge is 2.34. The van der Waals surface area contributed by atoms with Crippen molar-refractivity contribution in [2.24, 2.45) is 5.92 Å². The lowest BCUT2D eigenvalue weighted by Crippen LogP contribution is -2.44. The van der Waals surface area contributed by atoms with E-state index in [2.05, 4.69) is 10.9 Å². The fraction of sp³-hybridized carbons (Fsp3) is 0.611. The van der Waals surface area contributed by atoms with Gasteiger partial charge in [-0.05, 0) is 37.5 Å². The Labute approximate surface area is 143 Å². The summed E-state index contributed by atoms with van der Waals surface area (Å²) in [5, 5.41) is 0. The van der Waals surface area contributed by atoms with Crippen molar-refractivity contribution < 1.29 is 14.3 Å². The Balaban J connectivity index is 1.74. The first-order valence-electron chi connectivity index (χ1n) is 8.69. The van der Waals surface area contributed by atoms with Crippen molar-refractivity contribution in [3.05, 3.63) is 29.8 Å². The van der Waals surface area contributed by atoms with Crippen LogP contribution in [0.15, 0.2) is 24.3 Å². The minimum absolute atomic E-state index is 0.0444. The molecule has 3 unspecified atom stereocenters. The number of methoxy groups -OCH3 is 1. The maximum atomic E-state index is 13.1. The SMILES string of the molecule is COc1cccc(CN(CC2CCCO2)C(=O)C2CNNC2C)c1. The van der Waals surface area contributed by atoms with Gasteiger partial charge in [-0.3, -0.25) is 15.6 Å². The zero-order chi connectivity index (χ0) is 16.9. The summed E-state index contributed by atoms with van der Waals surface area (Å²) < 4.78 is 11.1. The van der Waals surface area contributed by atoms with Gasteiger partial charge in [-0.25, -0.2) is 0 Å². The molecule has 0 aliphatic carbocycles. The van der Waals surface area contributed by atoms with Crippen molar-refractivity contribution in [1.29, 1.82) is 0 Å². The van der Waals surface area contributed by atoms with Gasteiger partial charge in [-0.1, -0.05) is 12.1 Å². The van der Waals surface area contributed by atoms with Crippen LogP contribution in [0.5, 0.6) is 5.75 Å². The Morgan fingerprint density at radius 1 is 1.46 bits per heavy atom. The molecule has 2 heterocycles. The molecule has 2 aliphatic rings.